The molecular formula is C23H15F3N4O5. The minimum absolute atomic E-state index is 0.0194. The Hall–Kier alpha value is -4.74. The van der Waals surface area contributed by atoms with Gasteiger partial charge in [0.2, 0.25) is 5.75 Å². The Balaban J connectivity index is 1.94. The van der Waals surface area contributed by atoms with Crippen LogP contribution in [0.15, 0.2) is 70.6 Å². The summed E-state index contributed by atoms with van der Waals surface area (Å²) in [5.41, 5.74) is -1.95. The molecule has 4 rings (SSSR count). The van der Waals surface area contributed by atoms with Gasteiger partial charge in [-0.15, -0.1) is 0 Å². The highest BCUT2D eigenvalue weighted by molar-refractivity contribution is 5.84. The van der Waals surface area contributed by atoms with Gasteiger partial charge in [-0.05, 0) is 30.3 Å². The molecule has 0 amide bonds. The molecule has 0 bridgehead atoms. The number of methoxy groups -OCH3 is 1. The molecule has 0 saturated heterocycles. The van der Waals surface area contributed by atoms with Gasteiger partial charge >= 0.3 is 11.9 Å². The van der Waals surface area contributed by atoms with Crippen LogP contribution in [0.2, 0.25) is 0 Å². The van der Waals surface area contributed by atoms with Crippen LogP contribution in [0.3, 0.4) is 0 Å². The SMILES string of the molecule is COc1cc(C=Nn2c(-c3cccc(C(F)(F)F)c3)nc3ccccc3c2=O)cc([N+](=O)[O-])c1O. The lowest BCUT2D eigenvalue weighted by atomic mass is 10.1. The van der Waals surface area contributed by atoms with E-state index in [0.29, 0.717) is 0 Å². The van der Waals surface area contributed by atoms with Gasteiger partial charge in [-0.2, -0.15) is 22.9 Å². The molecule has 1 heterocycles. The molecule has 0 spiro atoms. The molecule has 0 atom stereocenters. The van der Waals surface area contributed by atoms with Crippen LogP contribution in [0.1, 0.15) is 11.1 Å². The first kappa shape index (κ1) is 23.4. The predicted octanol–water partition coefficient (Wildman–Crippen LogP) is 4.59. The monoisotopic (exact) mass is 484 g/mol. The summed E-state index contributed by atoms with van der Waals surface area (Å²) in [5.74, 6) is -1.07. The van der Waals surface area contributed by atoms with Gasteiger partial charge in [-0.1, -0.05) is 24.3 Å². The molecule has 3 aromatic carbocycles. The number of nitrogens with zero attached hydrogens (tertiary/aromatic N) is 4. The average molecular weight is 484 g/mol. The first-order valence-electron chi connectivity index (χ1n) is 9.89. The summed E-state index contributed by atoms with van der Waals surface area (Å²) in [5, 5.41) is 25.4. The summed E-state index contributed by atoms with van der Waals surface area (Å²) in [4.78, 5) is 28.0. The average Bonchev–Trinajstić information content (AvgIpc) is 2.83. The third-order valence-electron chi connectivity index (χ3n) is 5.02. The van der Waals surface area contributed by atoms with Crippen molar-refractivity contribution in [3.05, 3.63) is 92.3 Å². The molecule has 178 valence electrons. The van der Waals surface area contributed by atoms with Crippen LogP contribution in [0.5, 0.6) is 11.5 Å². The smallest absolute Gasteiger partial charge is 0.416 e. The highest BCUT2D eigenvalue weighted by Crippen LogP contribution is 2.36. The molecule has 0 fully saturated rings. The van der Waals surface area contributed by atoms with E-state index in [1.807, 2.05) is 0 Å². The molecule has 1 aromatic heterocycles. The molecule has 0 aliphatic carbocycles. The molecule has 0 radical (unpaired) electrons. The van der Waals surface area contributed by atoms with Crippen molar-refractivity contribution in [3.8, 4) is 22.9 Å². The van der Waals surface area contributed by atoms with Crippen LogP contribution < -0.4 is 10.3 Å². The molecule has 9 nitrogen and oxygen atoms in total. The maximum Gasteiger partial charge on any atom is 0.416 e. The Labute approximate surface area is 194 Å². The standard InChI is InChI=1S/C23H15F3N4O5/c1-35-19-10-13(9-18(20(19)31)30(33)34)12-27-29-21(14-5-4-6-15(11-14)23(24,25)26)28-17-8-3-2-7-16(17)22(29)32/h2-12,31H,1H3. The maximum atomic E-state index is 13.3. The van der Waals surface area contributed by atoms with E-state index in [1.165, 1.54) is 37.4 Å². The zero-order valence-electron chi connectivity index (χ0n) is 17.9. The summed E-state index contributed by atoms with van der Waals surface area (Å²) in [7, 11) is 1.20. The number of rotatable bonds is 5. The number of nitro groups is 1. The van der Waals surface area contributed by atoms with E-state index in [-0.39, 0.29) is 33.6 Å². The van der Waals surface area contributed by atoms with Gasteiger partial charge in [0.05, 0.1) is 34.7 Å². The zero-order chi connectivity index (χ0) is 25.3. The van der Waals surface area contributed by atoms with Gasteiger partial charge in [0.15, 0.2) is 11.6 Å². The number of ether oxygens (including phenoxy) is 1. The number of aromatic hydroxyl groups is 1. The predicted molar refractivity (Wildman–Crippen MR) is 121 cm³/mol. The number of nitro benzene ring substituents is 1. The van der Waals surface area contributed by atoms with Crippen molar-refractivity contribution in [2.24, 2.45) is 5.10 Å². The summed E-state index contributed by atoms with van der Waals surface area (Å²) in [6.07, 6.45) is -3.55. The fraction of sp³-hybridized carbons (Fsp3) is 0.0870. The summed E-state index contributed by atoms with van der Waals surface area (Å²) in [6.45, 7) is 0. The van der Waals surface area contributed by atoms with Crippen molar-refractivity contribution in [1.29, 1.82) is 0 Å². The fourth-order valence-corrected chi connectivity index (χ4v) is 3.36. The number of phenols is 1. The Morgan fingerprint density at radius 2 is 1.89 bits per heavy atom. The van der Waals surface area contributed by atoms with E-state index in [4.69, 9.17) is 4.74 Å². The topological polar surface area (TPSA) is 120 Å². The van der Waals surface area contributed by atoms with Gasteiger partial charge in [0.25, 0.3) is 5.56 Å². The Bertz CT molecular complexity index is 1550. The second-order valence-electron chi connectivity index (χ2n) is 7.24. The van der Waals surface area contributed by atoms with Crippen molar-refractivity contribution in [1.82, 2.24) is 9.66 Å². The van der Waals surface area contributed by atoms with Gasteiger partial charge in [-0.3, -0.25) is 14.9 Å². The number of hydrogen-bond donors (Lipinski definition) is 1. The number of halogens is 3. The maximum absolute atomic E-state index is 13.3. The minimum Gasteiger partial charge on any atom is -0.500 e. The Kier molecular flexibility index (Phi) is 5.95. The number of hydrogen-bond acceptors (Lipinski definition) is 7. The molecule has 0 unspecified atom stereocenters. The second-order valence-corrected chi connectivity index (χ2v) is 7.24. The second kappa shape index (κ2) is 8.89. The van der Waals surface area contributed by atoms with E-state index in [9.17, 15) is 33.2 Å². The van der Waals surface area contributed by atoms with Gasteiger partial charge in [-0.25, -0.2) is 4.98 Å². The van der Waals surface area contributed by atoms with E-state index in [0.717, 1.165) is 29.1 Å². The van der Waals surface area contributed by atoms with Gasteiger partial charge < -0.3 is 9.84 Å². The highest BCUT2D eigenvalue weighted by atomic mass is 19.4. The van der Waals surface area contributed by atoms with E-state index in [2.05, 4.69) is 10.1 Å². The lowest BCUT2D eigenvalue weighted by Crippen LogP contribution is -2.20. The fourth-order valence-electron chi connectivity index (χ4n) is 3.36. The minimum atomic E-state index is -4.62. The lowest BCUT2D eigenvalue weighted by Gasteiger charge is -2.12. The molecular weight excluding hydrogens is 469 g/mol. The first-order chi connectivity index (χ1) is 16.6. The number of alkyl halides is 3. The van der Waals surface area contributed by atoms with Crippen molar-refractivity contribution in [2.45, 2.75) is 6.18 Å². The van der Waals surface area contributed by atoms with Crippen LogP contribution >= 0.6 is 0 Å². The molecule has 12 heteroatoms. The third-order valence-corrected chi connectivity index (χ3v) is 5.02. The molecule has 4 aromatic rings. The normalized spacial score (nSPS) is 11.8. The van der Waals surface area contributed by atoms with Crippen LogP contribution in [0, 0.1) is 10.1 Å². The third kappa shape index (κ3) is 4.53. The molecule has 0 aliphatic rings. The van der Waals surface area contributed by atoms with Crippen molar-refractivity contribution >= 4 is 22.8 Å². The first-order valence-corrected chi connectivity index (χ1v) is 9.89. The molecule has 1 N–H and O–H groups in total. The van der Waals surface area contributed by atoms with E-state index < -0.39 is 33.7 Å². The Morgan fingerprint density at radius 3 is 2.57 bits per heavy atom. The molecule has 35 heavy (non-hydrogen) atoms. The van der Waals surface area contributed by atoms with Crippen LogP contribution in [0.25, 0.3) is 22.3 Å². The van der Waals surface area contributed by atoms with Crippen LogP contribution in [-0.2, 0) is 6.18 Å². The van der Waals surface area contributed by atoms with Crippen LogP contribution in [-0.4, -0.2) is 33.0 Å². The van der Waals surface area contributed by atoms with Gasteiger partial charge in [0.1, 0.15) is 0 Å². The molecule has 0 saturated carbocycles. The van der Waals surface area contributed by atoms with E-state index in [1.54, 1.807) is 12.1 Å². The van der Waals surface area contributed by atoms with E-state index >= 15 is 0 Å². The summed E-state index contributed by atoms with van der Waals surface area (Å²) in [6, 6.07) is 12.8. The van der Waals surface area contributed by atoms with Crippen LogP contribution in [0.4, 0.5) is 18.9 Å². The molecule has 0 aliphatic heterocycles. The summed E-state index contributed by atoms with van der Waals surface area (Å²) >= 11 is 0. The number of fused-ring (bicyclic) bond motifs is 1. The Morgan fingerprint density at radius 1 is 1.14 bits per heavy atom. The summed E-state index contributed by atoms with van der Waals surface area (Å²) < 4.78 is 45.6. The number of benzene rings is 3. The largest absolute Gasteiger partial charge is 0.500 e. The number of phenolic OH excluding ortho intramolecular Hbond substituents is 1. The lowest BCUT2D eigenvalue weighted by molar-refractivity contribution is -0.386. The van der Waals surface area contributed by atoms with Crippen molar-refractivity contribution in [2.75, 3.05) is 7.11 Å². The van der Waals surface area contributed by atoms with Gasteiger partial charge in [0, 0.05) is 17.2 Å². The van der Waals surface area contributed by atoms with Crippen molar-refractivity contribution in [3.63, 3.8) is 0 Å². The number of aromatic nitrogens is 2. The zero-order valence-corrected chi connectivity index (χ0v) is 17.9. The van der Waals surface area contributed by atoms with Crippen molar-refractivity contribution < 1.29 is 27.9 Å². The number of para-hydroxylation sites is 1. The highest BCUT2D eigenvalue weighted by Gasteiger charge is 2.31. The quantitative estimate of drug-likeness (QED) is 0.251.